The molecule has 0 saturated carbocycles. The minimum Gasteiger partial charge on any atom is -0.507 e. The summed E-state index contributed by atoms with van der Waals surface area (Å²) in [5, 5.41) is 11.3. The molecular formula is C21H30O2. The average Bonchev–Trinajstić information content (AvgIpc) is 2.81. The maximum Gasteiger partial charge on any atom is 0.127 e. The first-order valence-electron chi connectivity index (χ1n) is 17.3. The van der Waals surface area contributed by atoms with Crippen LogP contribution in [-0.4, -0.2) is 10.7 Å². The highest BCUT2D eigenvalue weighted by Gasteiger charge is 2.45. The molecule has 2 atom stereocenters. The molecule has 23 heavy (non-hydrogen) atoms. The average molecular weight is 336 g/mol. The van der Waals surface area contributed by atoms with E-state index in [0.717, 1.165) is 13.8 Å². The van der Waals surface area contributed by atoms with E-state index < -0.39 is 116 Å². The summed E-state index contributed by atoms with van der Waals surface area (Å²) in [6.07, 6.45) is -20.4. The number of hydrogen-bond donors (Lipinski definition) is 1. The molecule has 126 valence electrons. The fraction of sp³-hybridized carbons (Fsp3) is 0.619. The first-order chi connectivity index (χ1) is 19.1. The van der Waals surface area contributed by atoms with E-state index >= 15 is 0 Å². The van der Waals surface area contributed by atoms with E-state index in [4.69, 9.17) is 30.8 Å². The Balaban J connectivity index is 2.54. The summed E-state index contributed by atoms with van der Waals surface area (Å²) < 4.78 is 179. The highest BCUT2D eigenvalue weighted by molar-refractivity contribution is 5.53. The van der Waals surface area contributed by atoms with E-state index in [0.29, 0.717) is 0 Å². The lowest BCUT2D eigenvalue weighted by atomic mass is 9.68. The van der Waals surface area contributed by atoms with E-state index in [2.05, 4.69) is 0 Å². The number of aromatic hydroxyl groups is 1. The van der Waals surface area contributed by atoms with Crippen LogP contribution < -0.4 is 4.74 Å². The third-order valence-corrected chi connectivity index (χ3v) is 3.44. The first kappa shape index (κ1) is 4.59. The Morgan fingerprint density at radius 2 is 2.39 bits per heavy atom. The molecule has 0 aromatic heterocycles. The van der Waals surface area contributed by atoms with Gasteiger partial charge in [0.05, 0.1) is 4.11 Å². The maximum atomic E-state index is 11.3. The van der Waals surface area contributed by atoms with Gasteiger partial charge >= 0.3 is 0 Å². The second-order valence-electron chi connectivity index (χ2n) is 5.50. The Hall–Kier alpha value is -1.44. The molecule has 0 amide bonds. The van der Waals surface area contributed by atoms with Crippen LogP contribution in [0.15, 0.2) is 23.7 Å². The fourth-order valence-corrected chi connectivity index (χ4v) is 2.52. The quantitative estimate of drug-likeness (QED) is 0.711. The van der Waals surface area contributed by atoms with Crippen molar-refractivity contribution in [3.05, 3.63) is 34.8 Å². The number of rotatable bonds is 4. The molecule has 0 fully saturated rings. The SMILES string of the molecule is [2H]C1=C(C([2H])([2H])[2H])CC([2H])([2H])[C@@]2([2H])C(C)(C)Oc3c([2H])c(C([2H])([2H])C([2H])([2H])C([2H])([2H])C([2H])([2H])C([2H])([2H])[2H])c([2H])c(O)c3[C@]12[2H]. The van der Waals surface area contributed by atoms with E-state index in [9.17, 15) is 7.85 Å². The normalized spacial score (nSPS) is 51.1. The molecule has 1 N–H and O–H groups in total. The summed E-state index contributed by atoms with van der Waals surface area (Å²) in [5.41, 5.74) is -5.79. The van der Waals surface area contributed by atoms with Crippen molar-refractivity contribution in [1.29, 1.82) is 0 Å². The van der Waals surface area contributed by atoms with E-state index in [1.165, 1.54) is 0 Å². The van der Waals surface area contributed by atoms with Gasteiger partial charge in [-0.05, 0) is 63.9 Å². The number of allylic oxidation sites excluding steroid dienone is 2. The number of benzene rings is 1. The van der Waals surface area contributed by atoms with Gasteiger partial charge in [0.15, 0.2) is 0 Å². The third kappa shape index (κ3) is 3.13. The Morgan fingerprint density at radius 1 is 1.52 bits per heavy atom. The molecule has 2 aliphatic rings. The van der Waals surface area contributed by atoms with Crippen molar-refractivity contribution in [2.24, 2.45) is 5.89 Å². The van der Waals surface area contributed by atoms with Crippen LogP contribution in [0.25, 0.3) is 0 Å². The molecule has 1 heterocycles. The zero-order chi connectivity index (χ0) is 35.0. The summed E-state index contributed by atoms with van der Waals surface area (Å²) in [6, 6.07) is -4.06. The van der Waals surface area contributed by atoms with E-state index in [1.54, 1.807) is 0 Å². The van der Waals surface area contributed by atoms with Gasteiger partial charge in [-0.25, -0.2) is 0 Å². The Bertz CT molecular complexity index is 1420. The summed E-state index contributed by atoms with van der Waals surface area (Å²) in [4.78, 5) is 0. The van der Waals surface area contributed by atoms with Gasteiger partial charge in [-0.15, -0.1) is 0 Å². The van der Waals surface area contributed by atoms with Crippen molar-refractivity contribution in [3.8, 4) is 11.5 Å². The molecule has 0 radical (unpaired) electrons. The molecule has 0 bridgehead atoms. The van der Waals surface area contributed by atoms with E-state index in [1.807, 2.05) is 0 Å². The Labute approximate surface area is 170 Å². The van der Waals surface area contributed by atoms with Gasteiger partial charge in [0.2, 0.25) is 0 Å². The van der Waals surface area contributed by atoms with Crippen LogP contribution in [0.2, 0.25) is 0 Å². The predicted molar refractivity (Wildman–Crippen MR) is 95.3 cm³/mol. The zero-order valence-corrected chi connectivity index (χ0v) is 12.6. The van der Waals surface area contributed by atoms with Gasteiger partial charge in [0.1, 0.15) is 17.1 Å². The van der Waals surface area contributed by atoms with Crippen molar-refractivity contribution in [3.63, 3.8) is 0 Å². The van der Waals surface area contributed by atoms with Crippen LogP contribution in [0.4, 0.5) is 0 Å². The van der Waals surface area contributed by atoms with E-state index in [-0.39, 0.29) is 0 Å². The van der Waals surface area contributed by atoms with Gasteiger partial charge in [-0.1, -0.05) is 31.2 Å². The Kier molecular flexibility index (Phi) is 1.24. The monoisotopic (exact) mass is 335 g/mol. The van der Waals surface area contributed by atoms with Gasteiger partial charge in [-0.3, -0.25) is 0 Å². The standard InChI is InChI=1S/C21H30O2/c1-5-6-7-8-15-12-18(22)20-16-11-14(2)9-10-17(16)21(3,4)23-19(20)13-15/h11-13,16-17,22H,5-10H2,1-4H3/t16-,17-/m1/s1/i1D3,2D3,5D2,6D2,7D2,8D2,10D2,11D,12D,13D,16D,17D. The summed E-state index contributed by atoms with van der Waals surface area (Å²) in [7, 11) is 0. The smallest absolute Gasteiger partial charge is 0.127 e. The molecule has 1 aromatic rings. The van der Waals surface area contributed by atoms with Crippen LogP contribution in [0, 0.1) is 5.89 Å². The van der Waals surface area contributed by atoms with Gasteiger partial charge < -0.3 is 9.84 Å². The predicted octanol–water partition coefficient (Wildman–Crippen LogP) is 5.74. The minimum atomic E-state index is -4.20. The van der Waals surface area contributed by atoms with Crippen LogP contribution in [0.3, 0.4) is 0 Å². The lowest BCUT2D eigenvalue weighted by Gasteiger charge is -2.46. The first-order valence-corrected chi connectivity index (χ1v) is 6.84. The topological polar surface area (TPSA) is 29.5 Å². The molecular weight excluding hydrogens is 284 g/mol. The van der Waals surface area contributed by atoms with Crippen LogP contribution in [0.1, 0.15) is 105 Å². The highest BCUT2D eigenvalue weighted by Crippen LogP contribution is 2.53. The van der Waals surface area contributed by atoms with Gasteiger partial charge in [-0.2, -0.15) is 0 Å². The summed E-state index contributed by atoms with van der Waals surface area (Å²) in [5.74, 6) is -8.81. The molecule has 1 aromatic carbocycles. The van der Waals surface area contributed by atoms with Crippen LogP contribution >= 0.6 is 0 Å². The van der Waals surface area contributed by atoms with Gasteiger partial charge in [0.25, 0.3) is 0 Å². The second kappa shape index (κ2) is 6.22. The molecule has 1 aliphatic carbocycles. The molecule has 0 unspecified atom stereocenters. The number of hydrogen-bond acceptors (Lipinski definition) is 2. The maximum absolute atomic E-state index is 11.3. The molecule has 2 nitrogen and oxygen atoms in total. The molecule has 3 rings (SSSR count). The molecule has 1 aliphatic heterocycles. The summed E-state index contributed by atoms with van der Waals surface area (Å²) in [6.45, 7) is -4.89. The molecule has 0 spiro atoms. The molecule has 2 heteroatoms. The lowest BCUT2D eigenvalue weighted by molar-refractivity contribution is 0.0107. The van der Waals surface area contributed by atoms with Crippen molar-refractivity contribution in [2.75, 3.05) is 0 Å². The summed E-state index contributed by atoms with van der Waals surface area (Å²) >= 11 is 0. The number of fused-ring (bicyclic) bond motifs is 3. The van der Waals surface area contributed by atoms with Crippen molar-refractivity contribution in [1.82, 2.24) is 0 Å². The molecule has 0 saturated heterocycles. The second-order valence-corrected chi connectivity index (χ2v) is 5.50. The van der Waals surface area contributed by atoms with Crippen molar-refractivity contribution >= 4 is 0 Å². The Morgan fingerprint density at radius 3 is 3.17 bits per heavy atom. The third-order valence-electron chi connectivity index (χ3n) is 3.44. The van der Waals surface area contributed by atoms with Gasteiger partial charge in [0, 0.05) is 42.0 Å². The lowest BCUT2D eigenvalue weighted by Crippen LogP contribution is -2.45. The fourth-order valence-electron chi connectivity index (χ4n) is 2.52. The van der Waals surface area contributed by atoms with Crippen LogP contribution in [0.5, 0.6) is 11.5 Å². The number of phenols is 1. The van der Waals surface area contributed by atoms with Crippen LogP contribution in [-0.2, 0) is 6.37 Å². The number of ether oxygens (including phenoxy) is 1. The van der Waals surface area contributed by atoms with Crippen molar-refractivity contribution < 1.29 is 38.6 Å². The minimum absolute atomic E-state index is 0.905. The zero-order valence-electron chi connectivity index (χ0n) is 33.6. The number of phenolic OH excluding ortho intramolecular Hbond substituents is 1. The van der Waals surface area contributed by atoms with Crippen molar-refractivity contribution in [2.45, 2.75) is 77.3 Å². The highest BCUT2D eigenvalue weighted by atomic mass is 16.5. The largest absolute Gasteiger partial charge is 0.507 e.